The minimum atomic E-state index is -1.45. The predicted molar refractivity (Wildman–Crippen MR) is 131 cm³/mol. The number of aliphatic hydroxyl groups excluding tert-OH is 5. The standard InChI is InChI=1S/C26H42N2O6/c1-2-3-4-5-6-7-11-14-22(30)28-21(23(31)18-12-9-8-10-13-18)16-27-20-15-19(17-29)24(32)26(34)25(20)33/h8-10,12-13,15,20-21,23-27,29,31-34H,2-7,11,14,16-17H2,1H3,(H,28,30)/t20?,21?,23-,24?,25?,26+/m1/s1. The Bertz CT molecular complexity index is 744. The van der Waals surface area contributed by atoms with Gasteiger partial charge in [-0.05, 0) is 17.6 Å². The minimum absolute atomic E-state index is 0.110. The molecule has 1 aromatic rings. The average molecular weight is 479 g/mol. The van der Waals surface area contributed by atoms with Gasteiger partial charge in [0.1, 0.15) is 24.4 Å². The molecule has 0 radical (unpaired) electrons. The molecule has 1 aliphatic carbocycles. The molecule has 0 heterocycles. The predicted octanol–water partition coefficient (Wildman–Crippen LogP) is 1.32. The van der Waals surface area contributed by atoms with Gasteiger partial charge in [-0.15, -0.1) is 0 Å². The van der Waals surface area contributed by atoms with Gasteiger partial charge in [0.2, 0.25) is 5.91 Å². The van der Waals surface area contributed by atoms with Gasteiger partial charge in [0.05, 0.1) is 18.7 Å². The summed E-state index contributed by atoms with van der Waals surface area (Å²) in [6.07, 6.45) is 4.52. The van der Waals surface area contributed by atoms with E-state index in [4.69, 9.17) is 0 Å². The summed E-state index contributed by atoms with van der Waals surface area (Å²) in [6.45, 7) is 1.84. The van der Waals surface area contributed by atoms with Crippen molar-refractivity contribution in [2.24, 2.45) is 0 Å². The molecule has 0 saturated carbocycles. The number of hydrogen-bond donors (Lipinski definition) is 7. The first-order valence-electron chi connectivity index (χ1n) is 12.5. The summed E-state index contributed by atoms with van der Waals surface area (Å²) in [6, 6.07) is 7.57. The van der Waals surface area contributed by atoms with Crippen LogP contribution >= 0.6 is 0 Å². The molecule has 2 rings (SSSR count). The number of benzene rings is 1. The smallest absolute Gasteiger partial charge is 0.220 e. The Morgan fingerprint density at radius 3 is 2.26 bits per heavy atom. The molecular weight excluding hydrogens is 436 g/mol. The van der Waals surface area contributed by atoms with E-state index in [1.165, 1.54) is 31.8 Å². The van der Waals surface area contributed by atoms with Crippen molar-refractivity contribution in [1.82, 2.24) is 10.6 Å². The Morgan fingerprint density at radius 1 is 0.971 bits per heavy atom. The lowest BCUT2D eigenvalue weighted by molar-refractivity contribution is -0.122. The summed E-state index contributed by atoms with van der Waals surface area (Å²) in [4.78, 5) is 12.6. The summed E-state index contributed by atoms with van der Waals surface area (Å²) >= 11 is 0. The van der Waals surface area contributed by atoms with E-state index in [-0.39, 0.29) is 18.0 Å². The fourth-order valence-electron chi connectivity index (χ4n) is 4.28. The Hall–Kier alpha value is -1.81. The van der Waals surface area contributed by atoms with E-state index >= 15 is 0 Å². The van der Waals surface area contributed by atoms with Gasteiger partial charge in [-0.2, -0.15) is 0 Å². The molecule has 0 bridgehead atoms. The summed E-state index contributed by atoms with van der Waals surface area (Å²) < 4.78 is 0. The van der Waals surface area contributed by atoms with Gasteiger partial charge in [-0.1, -0.05) is 81.9 Å². The molecule has 8 nitrogen and oxygen atoms in total. The number of carbonyl (C=O) groups is 1. The maximum atomic E-state index is 12.6. The molecule has 0 saturated heterocycles. The second kappa shape index (κ2) is 15.2. The lowest BCUT2D eigenvalue weighted by atomic mass is 9.88. The summed E-state index contributed by atoms with van der Waals surface area (Å²) in [5.41, 5.74) is 0.857. The highest BCUT2D eigenvalue weighted by atomic mass is 16.4. The highest BCUT2D eigenvalue weighted by Gasteiger charge is 2.37. The first-order valence-corrected chi connectivity index (χ1v) is 12.5. The molecule has 1 amide bonds. The van der Waals surface area contributed by atoms with E-state index in [1.54, 1.807) is 12.1 Å². The number of nitrogens with one attached hydrogen (secondary N) is 2. The van der Waals surface area contributed by atoms with Crippen LogP contribution in [0.1, 0.15) is 70.0 Å². The molecule has 0 aliphatic heterocycles. The van der Waals surface area contributed by atoms with Crippen molar-refractivity contribution >= 4 is 5.91 Å². The molecule has 34 heavy (non-hydrogen) atoms. The van der Waals surface area contributed by atoms with Gasteiger partial charge < -0.3 is 36.2 Å². The number of aliphatic hydroxyl groups is 5. The van der Waals surface area contributed by atoms with Crippen LogP contribution in [0.2, 0.25) is 0 Å². The van der Waals surface area contributed by atoms with Crippen LogP contribution in [0.3, 0.4) is 0 Å². The number of unbranched alkanes of at least 4 members (excludes halogenated alkanes) is 6. The Morgan fingerprint density at radius 2 is 1.62 bits per heavy atom. The number of amides is 1. The molecule has 0 aromatic heterocycles. The first-order chi connectivity index (χ1) is 16.4. The van der Waals surface area contributed by atoms with Crippen LogP contribution in [-0.4, -0.2) is 75.0 Å². The molecule has 0 fully saturated rings. The Balaban J connectivity index is 1.97. The zero-order valence-corrected chi connectivity index (χ0v) is 20.1. The van der Waals surface area contributed by atoms with E-state index in [0.717, 1.165) is 19.3 Å². The largest absolute Gasteiger partial charge is 0.392 e. The zero-order chi connectivity index (χ0) is 24.9. The Labute approximate surface area is 202 Å². The normalized spacial score (nSPS) is 24.4. The van der Waals surface area contributed by atoms with Crippen LogP contribution in [0.25, 0.3) is 0 Å². The second-order valence-corrected chi connectivity index (χ2v) is 9.16. The van der Waals surface area contributed by atoms with Crippen molar-refractivity contribution in [3.05, 3.63) is 47.5 Å². The van der Waals surface area contributed by atoms with E-state index < -0.39 is 43.1 Å². The topological polar surface area (TPSA) is 142 Å². The second-order valence-electron chi connectivity index (χ2n) is 9.16. The summed E-state index contributed by atoms with van der Waals surface area (Å²) in [5.74, 6) is -0.151. The average Bonchev–Trinajstić information content (AvgIpc) is 2.85. The van der Waals surface area contributed by atoms with E-state index in [2.05, 4.69) is 17.6 Å². The van der Waals surface area contributed by atoms with Crippen molar-refractivity contribution in [2.45, 2.75) is 94.8 Å². The maximum absolute atomic E-state index is 12.6. The number of hydrogen-bond acceptors (Lipinski definition) is 7. The first kappa shape index (κ1) is 28.4. The van der Waals surface area contributed by atoms with Gasteiger partial charge in [0.15, 0.2) is 0 Å². The molecule has 0 spiro atoms. The fourth-order valence-corrected chi connectivity index (χ4v) is 4.28. The Kier molecular flexibility index (Phi) is 12.7. The lowest BCUT2D eigenvalue weighted by Gasteiger charge is -2.36. The van der Waals surface area contributed by atoms with Gasteiger partial charge in [0, 0.05) is 13.0 Å². The third-order valence-electron chi connectivity index (χ3n) is 6.45. The maximum Gasteiger partial charge on any atom is 0.220 e. The van der Waals surface area contributed by atoms with Crippen molar-refractivity contribution in [1.29, 1.82) is 0 Å². The number of carbonyl (C=O) groups excluding carboxylic acids is 1. The fraction of sp³-hybridized carbons (Fsp3) is 0.654. The van der Waals surface area contributed by atoms with Crippen LogP contribution in [0.4, 0.5) is 0 Å². The van der Waals surface area contributed by atoms with Gasteiger partial charge in [-0.25, -0.2) is 0 Å². The molecule has 1 aliphatic rings. The van der Waals surface area contributed by atoms with E-state index in [9.17, 15) is 30.3 Å². The number of rotatable bonds is 15. The molecule has 192 valence electrons. The van der Waals surface area contributed by atoms with Crippen LogP contribution in [0.15, 0.2) is 42.0 Å². The summed E-state index contributed by atoms with van der Waals surface area (Å²) in [7, 11) is 0. The highest BCUT2D eigenvalue weighted by Crippen LogP contribution is 2.21. The van der Waals surface area contributed by atoms with Crippen molar-refractivity contribution in [3.63, 3.8) is 0 Å². The molecule has 7 N–H and O–H groups in total. The quantitative estimate of drug-likeness (QED) is 0.149. The van der Waals surface area contributed by atoms with Crippen LogP contribution in [0.5, 0.6) is 0 Å². The molecule has 4 unspecified atom stereocenters. The van der Waals surface area contributed by atoms with E-state index in [0.29, 0.717) is 12.0 Å². The van der Waals surface area contributed by atoms with Gasteiger partial charge in [-0.3, -0.25) is 4.79 Å². The third-order valence-corrected chi connectivity index (χ3v) is 6.45. The highest BCUT2D eigenvalue weighted by molar-refractivity contribution is 5.76. The third kappa shape index (κ3) is 8.76. The summed E-state index contributed by atoms with van der Waals surface area (Å²) in [5, 5.41) is 56.7. The van der Waals surface area contributed by atoms with Gasteiger partial charge >= 0.3 is 0 Å². The SMILES string of the molecule is CCCCCCCCCC(=O)NC(CNC1C=C(CO)C(O)[C@H](O)C1O)[C@H](O)c1ccccc1. The van der Waals surface area contributed by atoms with Crippen LogP contribution < -0.4 is 10.6 Å². The van der Waals surface area contributed by atoms with Crippen molar-refractivity contribution < 1.29 is 30.3 Å². The minimum Gasteiger partial charge on any atom is -0.392 e. The molecule has 8 heteroatoms. The van der Waals surface area contributed by atoms with E-state index in [1.807, 2.05) is 18.2 Å². The van der Waals surface area contributed by atoms with Crippen LogP contribution in [-0.2, 0) is 4.79 Å². The van der Waals surface area contributed by atoms with Crippen LogP contribution in [0, 0.1) is 0 Å². The molecule has 1 aromatic carbocycles. The van der Waals surface area contributed by atoms with Crippen molar-refractivity contribution in [3.8, 4) is 0 Å². The molecule has 6 atom stereocenters. The van der Waals surface area contributed by atoms with Crippen molar-refractivity contribution in [2.75, 3.05) is 13.2 Å². The molecular formula is C26H42N2O6. The van der Waals surface area contributed by atoms with Gasteiger partial charge in [0.25, 0.3) is 0 Å². The monoisotopic (exact) mass is 478 g/mol. The zero-order valence-electron chi connectivity index (χ0n) is 20.1. The lowest BCUT2D eigenvalue weighted by Crippen LogP contribution is -2.56.